The smallest absolute Gasteiger partial charge is 0.150 e. The molecule has 20 heavy (non-hydrogen) atoms. The molecule has 0 saturated heterocycles. The number of halogens is 2. The van der Waals surface area contributed by atoms with Crippen molar-refractivity contribution in [3.8, 4) is 11.1 Å². The lowest BCUT2D eigenvalue weighted by atomic mass is 9.97. The summed E-state index contributed by atoms with van der Waals surface area (Å²) in [5, 5.41) is 3.21. The summed E-state index contributed by atoms with van der Waals surface area (Å²) in [5.74, 6) is 0. The fraction of sp³-hybridized carbons (Fsp3) is 0. The molecule has 3 aromatic rings. The van der Waals surface area contributed by atoms with Crippen LogP contribution in [0.5, 0.6) is 0 Å². The zero-order valence-electron chi connectivity index (χ0n) is 10.4. The quantitative estimate of drug-likeness (QED) is 0.561. The lowest BCUT2D eigenvalue weighted by molar-refractivity contribution is 0.112. The van der Waals surface area contributed by atoms with Crippen molar-refractivity contribution in [3.63, 3.8) is 0 Å². The number of fused-ring (bicyclic) bond motifs is 1. The van der Waals surface area contributed by atoms with Crippen molar-refractivity contribution in [2.45, 2.75) is 0 Å². The Morgan fingerprint density at radius 2 is 1.65 bits per heavy atom. The molecule has 0 aliphatic carbocycles. The van der Waals surface area contributed by atoms with Crippen LogP contribution in [0, 0.1) is 0 Å². The zero-order chi connectivity index (χ0) is 14.1. The highest BCUT2D eigenvalue weighted by Crippen LogP contribution is 2.36. The van der Waals surface area contributed by atoms with Crippen LogP contribution in [0.1, 0.15) is 10.4 Å². The van der Waals surface area contributed by atoms with Gasteiger partial charge in [-0.1, -0.05) is 65.7 Å². The van der Waals surface area contributed by atoms with E-state index in [0.717, 1.165) is 28.2 Å². The molecule has 0 unspecified atom stereocenters. The van der Waals surface area contributed by atoms with Crippen molar-refractivity contribution in [1.29, 1.82) is 0 Å². The van der Waals surface area contributed by atoms with Gasteiger partial charge in [0, 0.05) is 21.5 Å². The highest BCUT2D eigenvalue weighted by atomic mass is 35.5. The molecular weight excluding hydrogens is 291 g/mol. The maximum Gasteiger partial charge on any atom is 0.150 e. The highest BCUT2D eigenvalue weighted by molar-refractivity contribution is 6.39. The van der Waals surface area contributed by atoms with Gasteiger partial charge in [-0.15, -0.1) is 0 Å². The number of hydrogen-bond acceptors (Lipinski definition) is 1. The van der Waals surface area contributed by atoms with Gasteiger partial charge in [-0.2, -0.15) is 0 Å². The molecule has 0 amide bonds. The first-order chi connectivity index (χ1) is 9.70. The van der Waals surface area contributed by atoms with Gasteiger partial charge in [0.15, 0.2) is 6.29 Å². The fourth-order valence-electron chi connectivity index (χ4n) is 2.32. The number of carbonyl (C=O) groups excluding carboxylic acids is 1. The number of aldehydes is 1. The molecule has 0 radical (unpaired) electrons. The molecule has 0 saturated carbocycles. The molecule has 98 valence electrons. The molecule has 0 aliphatic rings. The minimum absolute atomic E-state index is 0.628. The fourth-order valence-corrected chi connectivity index (χ4v) is 2.83. The summed E-state index contributed by atoms with van der Waals surface area (Å²) in [7, 11) is 0. The van der Waals surface area contributed by atoms with Crippen LogP contribution in [0.15, 0.2) is 54.6 Å². The molecule has 0 aromatic heterocycles. The second-order valence-corrected chi connectivity index (χ2v) is 5.31. The third-order valence-corrected chi connectivity index (χ3v) is 3.94. The van der Waals surface area contributed by atoms with E-state index < -0.39 is 0 Å². The van der Waals surface area contributed by atoms with E-state index >= 15 is 0 Å². The van der Waals surface area contributed by atoms with Crippen molar-refractivity contribution in [2.75, 3.05) is 0 Å². The first kappa shape index (κ1) is 13.2. The van der Waals surface area contributed by atoms with Gasteiger partial charge in [-0.25, -0.2) is 0 Å². The summed E-state index contributed by atoms with van der Waals surface area (Å²) < 4.78 is 0. The van der Waals surface area contributed by atoms with Gasteiger partial charge < -0.3 is 0 Å². The minimum atomic E-state index is 0.628. The Morgan fingerprint density at radius 3 is 2.45 bits per heavy atom. The lowest BCUT2D eigenvalue weighted by Crippen LogP contribution is -1.88. The van der Waals surface area contributed by atoms with E-state index in [4.69, 9.17) is 23.2 Å². The van der Waals surface area contributed by atoms with Crippen LogP contribution in [0.25, 0.3) is 21.9 Å². The van der Waals surface area contributed by atoms with E-state index in [1.54, 1.807) is 6.07 Å². The van der Waals surface area contributed by atoms with E-state index in [1.807, 2.05) is 48.5 Å². The molecule has 0 spiro atoms. The summed E-state index contributed by atoms with van der Waals surface area (Å²) in [6, 6.07) is 16.9. The second kappa shape index (κ2) is 5.28. The molecule has 1 nitrogen and oxygen atoms in total. The maximum atomic E-state index is 11.2. The molecule has 3 rings (SSSR count). The predicted molar refractivity (Wildman–Crippen MR) is 84.8 cm³/mol. The molecule has 0 N–H and O–H groups in total. The van der Waals surface area contributed by atoms with Crippen molar-refractivity contribution >= 4 is 40.3 Å². The van der Waals surface area contributed by atoms with Crippen LogP contribution in [0.4, 0.5) is 0 Å². The molecular formula is C17H10Cl2O. The first-order valence-electron chi connectivity index (χ1n) is 6.13. The zero-order valence-corrected chi connectivity index (χ0v) is 11.9. The Balaban J connectivity index is 2.30. The number of carbonyl (C=O) groups is 1. The Labute approximate surface area is 126 Å². The maximum absolute atomic E-state index is 11.2. The average molecular weight is 301 g/mol. The Morgan fingerprint density at radius 1 is 0.850 bits per heavy atom. The predicted octanol–water partition coefficient (Wildman–Crippen LogP) is 5.63. The lowest BCUT2D eigenvalue weighted by Gasteiger charge is -2.10. The molecule has 0 fully saturated rings. The van der Waals surface area contributed by atoms with E-state index in [-0.39, 0.29) is 0 Å². The van der Waals surface area contributed by atoms with Gasteiger partial charge in [0.25, 0.3) is 0 Å². The summed E-state index contributed by atoms with van der Waals surface area (Å²) in [6.45, 7) is 0. The van der Waals surface area contributed by atoms with Crippen molar-refractivity contribution in [3.05, 3.63) is 70.2 Å². The molecule has 3 heteroatoms. The second-order valence-electron chi connectivity index (χ2n) is 4.50. The summed E-state index contributed by atoms with van der Waals surface area (Å²) in [4.78, 5) is 11.2. The van der Waals surface area contributed by atoms with Gasteiger partial charge >= 0.3 is 0 Å². The van der Waals surface area contributed by atoms with Gasteiger partial charge in [0.1, 0.15) is 0 Å². The number of benzene rings is 3. The number of rotatable bonds is 2. The van der Waals surface area contributed by atoms with Gasteiger partial charge in [-0.05, 0) is 23.1 Å². The molecule has 0 bridgehead atoms. The van der Waals surface area contributed by atoms with Crippen LogP contribution in [0.3, 0.4) is 0 Å². The Hall–Kier alpha value is -1.83. The van der Waals surface area contributed by atoms with Crippen molar-refractivity contribution in [2.24, 2.45) is 0 Å². The van der Waals surface area contributed by atoms with Gasteiger partial charge in [0.2, 0.25) is 0 Å². The highest BCUT2D eigenvalue weighted by Gasteiger charge is 2.10. The van der Waals surface area contributed by atoms with Crippen molar-refractivity contribution in [1.82, 2.24) is 0 Å². The van der Waals surface area contributed by atoms with E-state index in [0.29, 0.717) is 15.6 Å². The third kappa shape index (κ3) is 2.20. The Bertz CT molecular complexity index is 809. The van der Waals surface area contributed by atoms with Gasteiger partial charge in [0.05, 0.1) is 5.02 Å². The van der Waals surface area contributed by atoms with Crippen LogP contribution < -0.4 is 0 Å². The Kier molecular flexibility index (Phi) is 3.47. The van der Waals surface area contributed by atoms with Crippen LogP contribution in [-0.4, -0.2) is 6.29 Å². The molecule has 0 atom stereocenters. The summed E-state index contributed by atoms with van der Waals surface area (Å²) >= 11 is 12.5. The van der Waals surface area contributed by atoms with Crippen LogP contribution in [0.2, 0.25) is 10.0 Å². The third-order valence-electron chi connectivity index (χ3n) is 3.29. The summed E-state index contributed by atoms with van der Waals surface area (Å²) in [6.07, 6.45) is 0.845. The van der Waals surface area contributed by atoms with Crippen molar-refractivity contribution < 1.29 is 4.79 Å². The normalized spacial score (nSPS) is 10.7. The topological polar surface area (TPSA) is 17.1 Å². The SMILES string of the molecule is O=Cc1ccccc1-c1ccc2cc(Cl)ccc2c1Cl. The first-order valence-corrected chi connectivity index (χ1v) is 6.88. The van der Waals surface area contributed by atoms with Gasteiger partial charge in [-0.3, -0.25) is 4.79 Å². The van der Waals surface area contributed by atoms with Crippen LogP contribution >= 0.6 is 23.2 Å². The van der Waals surface area contributed by atoms with E-state index in [1.165, 1.54) is 0 Å². The van der Waals surface area contributed by atoms with Crippen LogP contribution in [-0.2, 0) is 0 Å². The molecule has 0 heterocycles. The monoisotopic (exact) mass is 300 g/mol. The number of hydrogen-bond donors (Lipinski definition) is 0. The van der Waals surface area contributed by atoms with E-state index in [9.17, 15) is 4.79 Å². The standard InChI is InChI=1S/C17H10Cl2O/c18-13-6-8-15-11(9-13)5-7-16(17(15)19)14-4-2-1-3-12(14)10-20/h1-10H. The minimum Gasteiger partial charge on any atom is -0.298 e. The molecule has 3 aromatic carbocycles. The summed E-state index contributed by atoms with van der Waals surface area (Å²) in [5.41, 5.74) is 2.32. The largest absolute Gasteiger partial charge is 0.298 e. The molecule has 0 aliphatic heterocycles. The average Bonchev–Trinajstić information content (AvgIpc) is 2.47. The van der Waals surface area contributed by atoms with E-state index in [2.05, 4.69) is 0 Å².